The number of benzene rings is 1. The van der Waals surface area contributed by atoms with Crippen LogP contribution in [0.1, 0.15) is 31.7 Å². The van der Waals surface area contributed by atoms with E-state index < -0.39 is 0 Å². The highest BCUT2D eigenvalue weighted by molar-refractivity contribution is 5.79. The summed E-state index contributed by atoms with van der Waals surface area (Å²) in [5, 5.41) is 6.68. The molecule has 0 bridgehead atoms. The van der Waals surface area contributed by atoms with E-state index in [1.807, 2.05) is 6.07 Å². The summed E-state index contributed by atoms with van der Waals surface area (Å²) in [4.78, 5) is 4.62. The van der Waals surface area contributed by atoms with Crippen LogP contribution < -0.4 is 10.6 Å². The Bertz CT molecular complexity index is 413. The van der Waals surface area contributed by atoms with Crippen LogP contribution in [0.5, 0.6) is 0 Å². The van der Waals surface area contributed by atoms with Crippen LogP contribution in [-0.2, 0) is 11.2 Å². The smallest absolute Gasteiger partial charge is 0.191 e. The minimum absolute atomic E-state index is 0.418. The highest BCUT2D eigenvalue weighted by Gasteiger charge is 2.14. The van der Waals surface area contributed by atoms with Gasteiger partial charge in [0.1, 0.15) is 0 Å². The molecule has 1 aromatic carbocycles. The molecule has 0 aliphatic carbocycles. The fourth-order valence-electron chi connectivity index (χ4n) is 2.50. The van der Waals surface area contributed by atoms with E-state index in [0.717, 1.165) is 45.0 Å². The molecule has 1 saturated heterocycles. The van der Waals surface area contributed by atoms with Crippen molar-refractivity contribution in [3.05, 3.63) is 35.9 Å². The number of nitrogens with one attached hydrogen (secondary N) is 2. The lowest BCUT2D eigenvalue weighted by Crippen LogP contribution is -2.38. The molecule has 4 heteroatoms. The molecule has 0 aromatic heterocycles. The third-order valence-corrected chi connectivity index (χ3v) is 3.64. The number of hydrogen-bond donors (Lipinski definition) is 2. The molecular weight excluding hydrogens is 262 g/mol. The van der Waals surface area contributed by atoms with Crippen LogP contribution in [-0.4, -0.2) is 38.3 Å². The van der Waals surface area contributed by atoms with Gasteiger partial charge in [-0.1, -0.05) is 30.3 Å². The Kier molecular flexibility index (Phi) is 7.08. The summed E-state index contributed by atoms with van der Waals surface area (Å²) in [5.74, 6) is 0.909. The van der Waals surface area contributed by atoms with E-state index in [2.05, 4.69) is 46.8 Å². The quantitative estimate of drug-likeness (QED) is 0.598. The Labute approximate surface area is 128 Å². The molecule has 0 spiro atoms. The summed E-state index contributed by atoms with van der Waals surface area (Å²) < 4.78 is 5.62. The third-order valence-electron chi connectivity index (χ3n) is 3.64. The van der Waals surface area contributed by atoms with E-state index in [1.54, 1.807) is 0 Å². The highest BCUT2D eigenvalue weighted by Crippen LogP contribution is 2.14. The maximum atomic E-state index is 5.62. The lowest BCUT2D eigenvalue weighted by atomic mass is 10.1. The number of hydrogen-bond acceptors (Lipinski definition) is 2. The minimum Gasteiger partial charge on any atom is -0.378 e. The van der Waals surface area contributed by atoms with Gasteiger partial charge in [0, 0.05) is 26.2 Å². The van der Waals surface area contributed by atoms with Crippen molar-refractivity contribution in [2.45, 2.75) is 38.7 Å². The van der Waals surface area contributed by atoms with Gasteiger partial charge in [-0.2, -0.15) is 0 Å². The molecule has 2 N–H and O–H groups in total. The predicted molar refractivity (Wildman–Crippen MR) is 87.7 cm³/mol. The Morgan fingerprint density at radius 1 is 1.29 bits per heavy atom. The van der Waals surface area contributed by atoms with Crippen LogP contribution in [0.2, 0.25) is 0 Å². The highest BCUT2D eigenvalue weighted by atomic mass is 16.5. The number of guanidine groups is 1. The number of ether oxygens (including phenoxy) is 1. The van der Waals surface area contributed by atoms with E-state index >= 15 is 0 Å². The topological polar surface area (TPSA) is 45.7 Å². The van der Waals surface area contributed by atoms with Crippen molar-refractivity contribution in [3.63, 3.8) is 0 Å². The molecule has 1 atom stereocenters. The van der Waals surface area contributed by atoms with Gasteiger partial charge in [0.15, 0.2) is 5.96 Å². The third kappa shape index (κ3) is 6.17. The SMILES string of the molecule is CCNC(=NCCC1CCCO1)NCCc1ccccc1. The summed E-state index contributed by atoms with van der Waals surface area (Å²) in [7, 11) is 0. The van der Waals surface area contributed by atoms with Gasteiger partial charge < -0.3 is 15.4 Å². The molecule has 1 unspecified atom stereocenters. The van der Waals surface area contributed by atoms with Crippen molar-refractivity contribution in [1.29, 1.82) is 0 Å². The van der Waals surface area contributed by atoms with E-state index in [1.165, 1.54) is 18.4 Å². The summed E-state index contributed by atoms with van der Waals surface area (Å²) in [6.07, 6.45) is 4.84. The molecule has 0 saturated carbocycles. The Hall–Kier alpha value is -1.55. The summed E-state index contributed by atoms with van der Waals surface area (Å²) in [6.45, 7) is 5.62. The first-order valence-corrected chi connectivity index (χ1v) is 8.06. The summed E-state index contributed by atoms with van der Waals surface area (Å²) in [5.41, 5.74) is 1.35. The normalized spacial score (nSPS) is 18.7. The standard InChI is InChI=1S/C17H27N3O/c1-2-18-17(20-13-11-16-9-6-14-21-16)19-12-10-15-7-4-3-5-8-15/h3-5,7-8,16H,2,6,9-14H2,1H3,(H2,18,19,20). The van der Waals surface area contributed by atoms with E-state index in [-0.39, 0.29) is 0 Å². The molecular formula is C17H27N3O. The molecule has 1 aromatic rings. The monoisotopic (exact) mass is 289 g/mol. The lowest BCUT2D eigenvalue weighted by Gasteiger charge is -2.12. The van der Waals surface area contributed by atoms with Crippen LogP contribution in [0.15, 0.2) is 35.3 Å². The molecule has 1 heterocycles. The molecule has 1 fully saturated rings. The Morgan fingerprint density at radius 3 is 2.86 bits per heavy atom. The van der Waals surface area contributed by atoms with Gasteiger partial charge in [0.2, 0.25) is 0 Å². The van der Waals surface area contributed by atoms with Crippen molar-refractivity contribution < 1.29 is 4.74 Å². The van der Waals surface area contributed by atoms with Gasteiger partial charge in [-0.05, 0) is 38.2 Å². The van der Waals surface area contributed by atoms with Gasteiger partial charge in [0.25, 0.3) is 0 Å². The molecule has 0 radical (unpaired) electrons. The number of nitrogens with zero attached hydrogens (tertiary/aromatic N) is 1. The van der Waals surface area contributed by atoms with Crippen molar-refractivity contribution >= 4 is 5.96 Å². The molecule has 2 rings (SSSR count). The fraction of sp³-hybridized carbons (Fsp3) is 0.588. The van der Waals surface area contributed by atoms with Gasteiger partial charge in [-0.15, -0.1) is 0 Å². The second-order valence-corrected chi connectivity index (χ2v) is 5.35. The van der Waals surface area contributed by atoms with Crippen LogP contribution in [0.25, 0.3) is 0 Å². The first-order chi connectivity index (χ1) is 10.4. The van der Waals surface area contributed by atoms with E-state index in [0.29, 0.717) is 6.10 Å². The van der Waals surface area contributed by atoms with Gasteiger partial charge in [0.05, 0.1) is 6.10 Å². The minimum atomic E-state index is 0.418. The predicted octanol–water partition coefficient (Wildman–Crippen LogP) is 2.35. The van der Waals surface area contributed by atoms with Crippen molar-refractivity contribution in [3.8, 4) is 0 Å². The number of rotatable bonds is 7. The first kappa shape index (κ1) is 15.8. The average Bonchev–Trinajstić information content (AvgIpc) is 3.02. The zero-order valence-corrected chi connectivity index (χ0v) is 13.0. The van der Waals surface area contributed by atoms with Crippen molar-refractivity contribution in [2.75, 3.05) is 26.2 Å². The molecule has 1 aliphatic rings. The zero-order chi connectivity index (χ0) is 14.8. The molecule has 1 aliphatic heterocycles. The molecule has 21 heavy (non-hydrogen) atoms. The Balaban J connectivity index is 1.69. The summed E-state index contributed by atoms with van der Waals surface area (Å²) >= 11 is 0. The molecule has 4 nitrogen and oxygen atoms in total. The molecule has 116 valence electrons. The second-order valence-electron chi connectivity index (χ2n) is 5.35. The molecule has 0 amide bonds. The van der Waals surface area contributed by atoms with Crippen LogP contribution >= 0.6 is 0 Å². The first-order valence-electron chi connectivity index (χ1n) is 8.06. The van der Waals surface area contributed by atoms with Crippen LogP contribution in [0.3, 0.4) is 0 Å². The van der Waals surface area contributed by atoms with Crippen LogP contribution in [0.4, 0.5) is 0 Å². The van der Waals surface area contributed by atoms with Crippen molar-refractivity contribution in [1.82, 2.24) is 10.6 Å². The van der Waals surface area contributed by atoms with Gasteiger partial charge in [-0.25, -0.2) is 0 Å². The van der Waals surface area contributed by atoms with Gasteiger partial charge >= 0.3 is 0 Å². The van der Waals surface area contributed by atoms with Gasteiger partial charge in [-0.3, -0.25) is 4.99 Å². The van der Waals surface area contributed by atoms with Crippen LogP contribution in [0, 0.1) is 0 Å². The van der Waals surface area contributed by atoms with E-state index in [9.17, 15) is 0 Å². The number of aliphatic imine (C=N–C) groups is 1. The zero-order valence-electron chi connectivity index (χ0n) is 13.0. The second kappa shape index (κ2) is 9.40. The lowest BCUT2D eigenvalue weighted by molar-refractivity contribution is 0.106. The Morgan fingerprint density at radius 2 is 2.14 bits per heavy atom. The van der Waals surface area contributed by atoms with E-state index in [4.69, 9.17) is 4.74 Å². The maximum absolute atomic E-state index is 5.62. The fourth-order valence-corrected chi connectivity index (χ4v) is 2.50. The largest absolute Gasteiger partial charge is 0.378 e. The van der Waals surface area contributed by atoms with Crippen molar-refractivity contribution in [2.24, 2.45) is 4.99 Å². The maximum Gasteiger partial charge on any atom is 0.191 e. The summed E-state index contributed by atoms with van der Waals surface area (Å²) in [6, 6.07) is 10.5. The average molecular weight is 289 g/mol.